The predicted molar refractivity (Wildman–Crippen MR) is 135 cm³/mol. The minimum atomic E-state index is 0. The van der Waals surface area contributed by atoms with Gasteiger partial charge in [-0.3, -0.25) is 9.79 Å². The molecule has 0 spiro atoms. The predicted octanol–water partition coefficient (Wildman–Crippen LogP) is 2.72. The van der Waals surface area contributed by atoms with Gasteiger partial charge in [-0.1, -0.05) is 18.2 Å². The second kappa shape index (κ2) is 16.2. The number of nitrogens with zero attached hydrogens (tertiary/aromatic N) is 3. The van der Waals surface area contributed by atoms with Crippen LogP contribution >= 0.6 is 24.0 Å². The Bertz CT molecular complexity index is 607. The normalized spacial score (nSPS) is 14.3. The summed E-state index contributed by atoms with van der Waals surface area (Å²) in [6.45, 7) is 11.1. The molecule has 1 aromatic carbocycles. The van der Waals surface area contributed by atoms with E-state index in [9.17, 15) is 4.79 Å². The van der Waals surface area contributed by atoms with Crippen molar-refractivity contribution < 1.29 is 9.53 Å². The Morgan fingerprint density at radius 2 is 1.80 bits per heavy atom. The third-order valence-electron chi connectivity index (χ3n) is 4.90. The van der Waals surface area contributed by atoms with E-state index in [0.717, 1.165) is 71.3 Å². The van der Waals surface area contributed by atoms with Crippen LogP contribution in [0.25, 0.3) is 0 Å². The van der Waals surface area contributed by atoms with Crippen LogP contribution in [0.5, 0.6) is 0 Å². The molecular formula is C22H38IN5O2. The number of aliphatic imine (C=N–C) groups is 1. The molecule has 2 N–H and O–H groups in total. The molecule has 1 amide bonds. The molecule has 0 atom stereocenters. The van der Waals surface area contributed by atoms with Gasteiger partial charge < -0.3 is 25.2 Å². The molecule has 170 valence electrons. The van der Waals surface area contributed by atoms with Crippen molar-refractivity contribution in [2.75, 3.05) is 63.9 Å². The van der Waals surface area contributed by atoms with Gasteiger partial charge in [0.15, 0.2) is 5.96 Å². The fourth-order valence-corrected chi connectivity index (χ4v) is 3.29. The number of rotatable bonds is 11. The van der Waals surface area contributed by atoms with Gasteiger partial charge in [-0.25, -0.2) is 0 Å². The van der Waals surface area contributed by atoms with Crippen LogP contribution in [-0.4, -0.2) is 75.8 Å². The number of unbranched alkanes of at least 4 members (excludes halogenated alkanes) is 1. The molecule has 1 aliphatic rings. The summed E-state index contributed by atoms with van der Waals surface area (Å²) >= 11 is 0. The highest BCUT2D eigenvalue weighted by Gasteiger charge is 2.20. The highest BCUT2D eigenvalue weighted by atomic mass is 127. The highest BCUT2D eigenvalue weighted by Crippen LogP contribution is 2.15. The van der Waals surface area contributed by atoms with Crippen molar-refractivity contribution >= 4 is 41.5 Å². The van der Waals surface area contributed by atoms with Gasteiger partial charge in [-0.15, -0.1) is 24.0 Å². The van der Waals surface area contributed by atoms with Crippen molar-refractivity contribution in [2.24, 2.45) is 4.99 Å². The summed E-state index contributed by atoms with van der Waals surface area (Å²) in [6.07, 6.45) is 2.51. The second-order valence-electron chi connectivity index (χ2n) is 7.04. The second-order valence-corrected chi connectivity index (χ2v) is 7.04. The largest absolute Gasteiger partial charge is 0.382 e. The summed E-state index contributed by atoms with van der Waals surface area (Å²) in [5.41, 5.74) is 1.23. The van der Waals surface area contributed by atoms with Gasteiger partial charge in [-0.2, -0.15) is 0 Å². The van der Waals surface area contributed by atoms with E-state index in [-0.39, 0.29) is 29.9 Å². The van der Waals surface area contributed by atoms with Crippen LogP contribution in [0.3, 0.4) is 0 Å². The first-order chi connectivity index (χ1) is 14.2. The van der Waals surface area contributed by atoms with Gasteiger partial charge >= 0.3 is 0 Å². The van der Waals surface area contributed by atoms with Crippen LogP contribution in [0.2, 0.25) is 0 Å². The molecule has 0 aromatic heterocycles. The van der Waals surface area contributed by atoms with Gasteiger partial charge in [0.25, 0.3) is 0 Å². The van der Waals surface area contributed by atoms with Crippen LogP contribution in [0.4, 0.5) is 5.69 Å². The summed E-state index contributed by atoms with van der Waals surface area (Å²) in [5.74, 6) is 0.989. The Hall–Kier alpha value is -1.55. The molecule has 0 unspecified atom stereocenters. The molecule has 1 saturated heterocycles. The molecule has 2 rings (SSSR count). The van der Waals surface area contributed by atoms with E-state index in [0.29, 0.717) is 13.0 Å². The third-order valence-corrected chi connectivity index (χ3v) is 4.90. The van der Waals surface area contributed by atoms with Crippen LogP contribution < -0.4 is 15.5 Å². The van der Waals surface area contributed by atoms with E-state index in [1.54, 1.807) is 0 Å². The van der Waals surface area contributed by atoms with Crippen molar-refractivity contribution in [3.63, 3.8) is 0 Å². The monoisotopic (exact) mass is 531 g/mol. The van der Waals surface area contributed by atoms with Crippen molar-refractivity contribution in [2.45, 2.75) is 33.1 Å². The van der Waals surface area contributed by atoms with E-state index < -0.39 is 0 Å². The van der Waals surface area contributed by atoms with Crippen LogP contribution in [0.15, 0.2) is 35.3 Å². The van der Waals surface area contributed by atoms with Crippen molar-refractivity contribution in [3.8, 4) is 0 Å². The minimum absolute atomic E-state index is 0. The number of hydrogen-bond acceptors (Lipinski definition) is 4. The van der Waals surface area contributed by atoms with Crippen molar-refractivity contribution in [1.82, 2.24) is 15.5 Å². The Morgan fingerprint density at radius 1 is 1.07 bits per heavy atom. The minimum Gasteiger partial charge on any atom is -0.382 e. The van der Waals surface area contributed by atoms with Crippen LogP contribution in [0, 0.1) is 0 Å². The average molecular weight is 531 g/mol. The van der Waals surface area contributed by atoms with Crippen molar-refractivity contribution in [3.05, 3.63) is 30.3 Å². The first-order valence-electron chi connectivity index (χ1n) is 10.9. The number of hydrogen-bond donors (Lipinski definition) is 2. The van der Waals surface area contributed by atoms with E-state index >= 15 is 0 Å². The lowest BCUT2D eigenvalue weighted by Crippen LogP contribution is -2.49. The number of halogens is 1. The lowest BCUT2D eigenvalue weighted by atomic mass is 10.2. The molecule has 0 aliphatic carbocycles. The lowest BCUT2D eigenvalue weighted by molar-refractivity contribution is -0.131. The third kappa shape index (κ3) is 9.97. The topological polar surface area (TPSA) is 69.2 Å². The lowest BCUT2D eigenvalue weighted by Gasteiger charge is -2.36. The zero-order chi connectivity index (χ0) is 20.7. The Labute approximate surface area is 198 Å². The van der Waals surface area contributed by atoms with Gasteiger partial charge in [-0.05, 0) is 38.8 Å². The molecule has 1 heterocycles. The molecule has 1 aliphatic heterocycles. The number of nitrogens with one attached hydrogen (secondary N) is 2. The number of carbonyl (C=O) groups is 1. The van der Waals surface area contributed by atoms with Gasteiger partial charge in [0, 0.05) is 71.1 Å². The maximum Gasteiger partial charge on any atom is 0.224 e. The maximum absolute atomic E-state index is 12.5. The number of amides is 1. The number of anilines is 1. The summed E-state index contributed by atoms with van der Waals surface area (Å²) in [4.78, 5) is 21.4. The summed E-state index contributed by atoms with van der Waals surface area (Å²) in [6, 6.07) is 10.4. The Kier molecular flexibility index (Phi) is 14.3. The summed E-state index contributed by atoms with van der Waals surface area (Å²) < 4.78 is 5.34. The zero-order valence-corrected chi connectivity index (χ0v) is 20.8. The number of benzene rings is 1. The van der Waals surface area contributed by atoms with E-state index in [1.807, 2.05) is 24.8 Å². The Balaban J connectivity index is 0.00000450. The summed E-state index contributed by atoms with van der Waals surface area (Å²) in [7, 11) is 0. The first kappa shape index (κ1) is 26.5. The van der Waals surface area contributed by atoms with Gasteiger partial charge in [0.1, 0.15) is 0 Å². The maximum atomic E-state index is 12.5. The standard InChI is InChI=1S/C22H37N5O2.HI/c1-3-23-22(24-13-8-9-19-29-4-2)25-14-12-21(28)27-17-15-26(16-18-27)20-10-6-5-7-11-20;/h5-7,10-11H,3-4,8-9,12-19H2,1-2H3,(H2,23,24,25);1H. The quantitative estimate of drug-likeness (QED) is 0.199. The molecule has 1 aromatic rings. The SMILES string of the molecule is CCNC(=NCCCCOCC)NCCC(=O)N1CCN(c2ccccc2)CC1.I. The van der Waals surface area contributed by atoms with E-state index in [2.05, 4.69) is 44.8 Å². The van der Waals surface area contributed by atoms with Gasteiger partial charge in [0.05, 0.1) is 0 Å². The number of piperazine rings is 1. The van der Waals surface area contributed by atoms with E-state index in [1.165, 1.54) is 5.69 Å². The molecule has 0 saturated carbocycles. The Morgan fingerprint density at radius 3 is 2.47 bits per heavy atom. The smallest absolute Gasteiger partial charge is 0.224 e. The fourth-order valence-electron chi connectivity index (χ4n) is 3.29. The number of carbonyl (C=O) groups excluding carboxylic acids is 1. The number of para-hydroxylation sites is 1. The zero-order valence-electron chi connectivity index (χ0n) is 18.4. The molecule has 30 heavy (non-hydrogen) atoms. The molecule has 0 radical (unpaired) electrons. The number of guanidine groups is 1. The summed E-state index contributed by atoms with van der Waals surface area (Å²) in [5, 5.41) is 6.52. The van der Waals surface area contributed by atoms with Gasteiger partial charge in [0.2, 0.25) is 5.91 Å². The average Bonchev–Trinajstić information content (AvgIpc) is 2.76. The molecule has 0 bridgehead atoms. The molecular weight excluding hydrogens is 493 g/mol. The number of ether oxygens (including phenoxy) is 1. The van der Waals surface area contributed by atoms with Crippen LogP contribution in [-0.2, 0) is 9.53 Å². The highest BCUT2D eigenvalue weighted by molar-refractivity contribution is 14.0. The molecule has 1 fully saturated rings. The molecule has 7 nitrogen and oxygen atoms in total. The van der Waals surface area contributed by atoms with Crippen LogP contribution in [0.1, 0.15) is 33.1 Å². The fraction of sp³-hybridized carbons (Fsp3) is 0.636. The molecule has 8 heteroatoms. The van der Waals surface area contributed by atoms with Crippen molar-refractivity contribution in [1.29, 1.82) is 0 Å². The van der Waals surface area contributed by atoms with E-state index in [4.69, 9.17) is 4.74 Å². The first-order valence-corrected chi connectivity index (χ1v) is 10.9.